The van der Waals surface area contributed by atoms with Crippen LogP contribution < -0.4 is 10.3 Å². The van der Waals surface area contributed by atoms with E-state index in [0.29, 0.717) is 42.5 Å². The Kier molecular flexibility index (Phi) is 6.21. The van der Waals surface area contributed by atoms with Crippen molar-refractivity contribution in [3.8, 4) is 5.75 Å². The van der Waals surface area contributed by atoms with Crippen molar-refractivity contribution in [3.63, 3.8) is 0 Å². The van der Waals surface area contributed by atoms with Crippen LogP contribution in [0.25, 0.3) is 4.96 Å². The molecule has 1 saturated heterocycles. The number of piperazine rings is 1. The first-order chi connectivity index (χ1) is 16.0. The lowest BCUT2D eigenvalue weighted by molar-refractivity contribution is 0.0626. The van der Waals surface area contributed by atoms with Crippen LogP contribution in [0.15, 0.2) is 52.1 Å². The van der Waals surface area contributed by atoms with Crippen LogP contribution in [-0.4, -0.2) is 56.3 Å². The summed E-state index contributed by atoms with van der Waals surface area (Å²) in [5, 5.41) is 4.85. The molecule has 1 aromatic carbocycles. The van der Waals surface area contributed by atoms with E-state index in [1.807, 2.05) is 40.8 Å². The summed E-state index contributed by atoms with van der Waals surface area (Å²) in [5.41, 5.74) is 2.22. The maximum atomic E-state index is 13.0. The van der Waals surface area contributed by atoms with Gasteiger partial charge in [0.25, 0.3) is 11.5 Å². The minimum atomic E-state index is -0.0583. The van der Waals surface area contributed by atoms with Gasteiger partial charge in [0.1, 0.15) is 12.4 Å². The number of hydrogen-bond acceptors (Lipinski definition) is 8. The lowest BCUT2D eigenvalue weighted by atomic mass is 10.1. The van der Waals surface area contributed by atoms with E-state index in [1.54, 1.807) is 34.1 Å². The number of thiazole rings is 2. The van der Waals surface area contributed by atoms with Crippen LogP contribution in [-0.2, 0) is 13.2 Å². The molecule has 10 heteroatoms. The first-order valence-corrected chi connectivity index (χ1v) is 12.4. The molecular weight excluding hydrogens is 458 g/mol. The van der Waals surface area contributed by atoms with Gasteiger partial charge in [-0.2, -0.15) is 0 Å². The highest BCUT2D eigenvalue weighted by Crippen LogP contribution is 2.19. The van der Waals surface area contributed by atoms with E-state index in [1.165, 1.54) is 11.3 Å². The third-order valence-electron chi connectivity index (χ3n) is 5.54. The largest absolute Gasteiger partial charge is 0.487 e. The number of carbonyl (C=O) groups is 1. The van der Waals surface area contributed by atoms with E-state index in [4.69, 9.17) is 4.74 Å². The minimum Gasteiger partial charge on any atom is -0.487 e. The van der Waals surface area contributed by atoms with E-state index in [0.717, 1.165) is 29.5 Å². The number of aromatic nitrogens is 3. The molecule has 4 aromatic rings. The van der Waals surface area contributed by atoms with Gasteiger partial charge >= 0.3 is 0 Å². The van der Waals surface area contributed by atoms with Gasteiger partial charge in [0.2, 0.25) is 0 Å². The van der Waals surface area contributed by atoms with Gasteiger partial charge in [-0.1, -0.05) is 6.07 Å². The Hall–Kier alpha value is -3.08. The van der Waals surface area contributed by atoms with Crippen molar-refractivity contribution in [2.24, 2.45) is 0 Å². The summed E-state index contributed by atoms with van der Waals surface area (Å²) < 4.78 is 7.39. The zero-order valence-corrected chi connectivity index (χ0v) is 19.8. The van der Waals surface area contributed by atoms with Gasteiger partial charge in [-0.3, -0.25) is 18.9 Å². The number of fused-ring (bicyclic) bond motifs is 1. The molecule has 0 radical (unpaired) electrons. The Morgan fingerprint density at radius 2 is 1.94 bits per heavy atom. The van der Waals surface area contributed by atoms with Gasteiger partial charge in [-0.25, -0.2) is 9.97 Å². The maximum absolute atomic E-state index is 13.0. The number of aryl methyl sites for hydroxylation is 1. The highest BCUT2D eigenvalue weighted by atomic mass is 32.1. The van der Waals surface area contributed by atoms with Gasteiger partial charge in [0.15, 0.2) is 4.96 Å². The van der Waals surface area contributed by atoms with Crippen molar-refractivity contribution in [2.45, 2.75) is 20.1 Å². The van der Waals surface area contributed by atoms with E-state index >= 15 is 0 Å². The highest BCUT2D eigenvalue weighted by Gasteiger charge is 2.23. The van der Waals surface area contributed by atoms with E-state index in [9.17, 15) is 9.59 Å². The lowest BCUT2D eigenvalue weighted by Crippen LogP contribution is -2.48. The number of ether oxygens (including phenoxy) is 1. The highest BCUT2D eigenvalue weighted by molar-refractivity contribution is 7.15. The Morgan fingerprint density at radius 1 is 1.09 bits per heavy atom. The predicted octanol–water partition coefficient (Wildman–Crippen LogP) is 3.06. The Morgan fingerprint density at radius 3 is 2.73 bits per heavy atom. The van der Waals surface area contributed by atoms with E-state index in [-0.39, 0.29) is 11.5 Å². The Labute approximate surface area is 198 Å². The summed E-state index contributed by atoms with van der Waals surface area (Å²) >= 11 is 3.04. The van der Waals surface area contributed by atoms with Crippen molar-refractivity contribution >= 4 is 33.5 Å². The molecule has 1 amide bonds. The zero-order valence-electron chi connectivity index (χ0n) is 18.1. The van der Waals surface area contributed by atoms with Crippen LogP contribution in [0.2, 0.25) is 0 Å². The molecule has 33 heavy (non-hydrogen) atoms. The molecule has 0 atom stereocenters. The van der Waals surface area contributed by atoms with Crippen molar-refractivity contribution in [1.29, 1.82) is 0 Å². The molecule has 5 rings (SSSR count). The van der Waals surface area contributed by atoms with Crippen molar-refractivity contribution in [1.82, 2.24) is 24.2 Å². The van der Waals surface area contributed by atoms with Crippen LogP contribution in [0.1, 0.15) is 26.8 Å². The molecule has 1 aliphatic heterocycles. The smallest absolute Gasteiger partial charge is 0.258 e. The molecule has 1 fully saturated rings. The van der Waals surface area contributed by atoms with Gasteiger partial charge in [0.05, 0.1) is 16.4 Å². The standard InChI is InChI=1S/C23H23N5O3S2/c1-16-24-19(15-33-16)14-31-20-4-2-3-17(11-20)22(30)27-7-5-26(6-8-27)13-18-12-21(29)28-9-10-32-23(28)25-18/h2-4,9-12,15H,5-8,13-14H2,1H3. The van der Waals surface area contributed by atoms with Gasteiger partial charge in [-0.15, -0.1) is 22.7 Å². The number of benzene rings is 1. The summed E-state index contributed by atoms with van der Waals surface area (Å²) in [5.74, 6) is 0.660. The molecule has 0 spiro atoms. The molecule has 4 heterocycles. The second-order valence-electron chi connectivity index (χ2n) is 7.88. The van der Waals surface area contributed by atoms with Crippen LogP contribution in [0.4, 0.5) is 0 Å². The fraction of sp³-hybridized carbons (Fsp3) is 0.304. The van der Waals surface area contributed by atoms with E-state index in [2.05, 4.69) is 14.9 Å². The summed E-state index contributed by atoms with van der Waals surface area (Å²) in [4.78, 5) is 39.0. The normalized spacial score (nSPS) is 14.6. The number of nitrogens with zero attached hydrogens (tertiary/aromatic N) is 5. The quantitative estimate of drug-likeness (QED) is 0.421. The first kappa shape index (κ1) is 21.7. The zero-order chi connectivity index (χ0) is 22.8. The van der Waals surface area contributed by atoms with Crippen molar-refractivity contribution in [3.05, 3.63) is 79.6 Å². The molecular formula is C23H23N5O3S2. The van der Waals surface area contributed by atoms with Crippen LogP contribution in [0.5, 0.6) is 5.75 Å². The van der Waals surface area contributed by atoms with Crippen LogP contribution in [0.3, 0.4) is 0 Å². The molecule has 0 N–H and O–H groups in total. The van der Waals surface area contributed by atoms with Gasteiger partial charge in [-0.05, 0) is 25.1 Å². The van der Waals surface area contributed by atoms with E-state index < -0.39 is 0 Å². The fourth-order valence-corrected chi connectivity index (χ4v) is 5.18. The topological polar surface area (TPSA) is 80.0 Å². The summed E-state index contributed by atoms with van der Waals surface area (Å²) in [6.45, 7) is 5.67. The number of hydrogen-bond donors (Lipinski definition) is 0. The molecule has 0 aliphatic carbocycles. The van der Waals surface area contributed by atoms with Gasteiger partial charge in [0, 0.05) is 61.3 Å². The summed E-state index contributed by atoms with van der Waals surface area (Å²) in [7, 11) is 0. The summed E-state index contributed by atoms with van der Waals surface area (Å²) in [6.07, 6.45) is 1.74. The summed E-state index contributed by atoms with van der Waals surface area (Å²) in [6, 6.07) is 8.91. The second kappa shape index (κ2) is 9.42. The van der Waals surface area contributed by atoms with Crippen molar-refractivity contribution < 1.29 is 9.53 Å². The molecule has 8 nitrogen and oxygen atoms in total. The van der Waals surface area contributed by atoms with Gasteiger partial charge < -0.3 is 9.64 Å². The lowest BCUT2D eigenvalue weighted by Gasteiger charge is -2.34. The number of carbonyl (C=O) groups excluding carboxylic acids is 1. The maximum Gasteiger partial charge on any atom is 0.258 e. The molecule has 170 valence electrons. The number of rotatable bonds is 6. The average Bonchev–Trinajstić information content (AvgIpc) is 3.47. The molecule has 3 aromatic heterocycles. The second-order valence-corrected chi connectivity index (χ2v) is 9.82. The minimum absolute atomic E-state index is 0.000905. The van der Waals surface area contributed by atoms with Crippen LogP contribution in [0, 0.1) is 6.92 Å². The van der Waals surface area contributed by atoms with Crippen molar-refractivity contribution in [2.75, 3.05) is 26.2 Å². The fourth-order valence-electron chi connectivity index (χ4n) is 3.84. The third-order valence-corrected chi connectivity index (χ3v) is 7.11. The van der Waals surface area contributed by atoms with Crippen LogP contribution >= 0.6 is 22.7 Å². The molecule has 0 bridgehead atoms. The Balaban J connectivity index is 1.17. The molecule has 0 unspecified atom stereocenters. The number of amides is 1. The first-order valence-electron chi connectivity index (χ1n) is 10.7. The predicted molar refractivity (Wildman–Crippen MR) is 128 cm³/mol. The average molecular weight is 482 g/mol. The molecule has 1 aliphatic rings. The monoisotopic (exact) mass is 481 g/mol. The third kappa shape index (κ3) is 4.97. The Bertz CT molecular complexity index is 1340. The SMILES string of the molecule is Cc1nc(COc2cccc(C(=O)N3CCN(Cc4cc(=O)n5ccsc5n4)CC3)c2)cs1. The molecule has 0 saturated carbocycles.